The number of aryl methyl sites for hydroxylation is 2. The quantitative estimate of drug-likeness (QED) is 0.866. The molecular formula is C21H26N2O3S. The van der Waals surface area contributed by atoms with Gasteiger partial charge in [0.25, 0.3) is 11.8 Å². The lowest BCUT2D eigenvalue weighted by Crippen LogP contribution is -2.46. The maximum atomic E-state index is 12.7. The third kappa shape index (κ3) is 4.26. The summed E-state index contributed by atoms with van der Waals surface area (Å²) in [7, 11) is 0. The van der Waals surface area contributed by atoms with Crippen molar-refractivity contribution in [3.63, 3.8) is 0 Å². The minimum absolute atomic E-state index is 0.00610. The van der Waals surface area contributed by atoms with Gasteiger partial charge in [0.2, 0.25) is 0 Å². The lowest BCUT2D eigenvalue weighted by atomic mass is 9.99. The van der Waals surface area contributed by atoms with E-state index in [-0.39, 0.29) is 17.9 Å². The average Bonchev–Trinajstić information content (AvgIpc) is 3.32. The number of carbonyl (C=O) groups is 2. The van der Waals surface area contributed by atoms with E-state index in [9.17, 15) is 9.59 Å². The van der Waals surface area contributed by atoms with Crippen LogP contribution in [0.2, 0.25) is 0 Å². The second-order valence-corrected chi connectivity index (χ2v) is 8.66. The highest BCUT2D eigenvalue weighted by Crippen LogP contribution is 2.28. The predicted molar refractivity (Wildman–Crippen MR) is 105 cm³/mol. The van der Waals surface area contributed by atoms with Gasteiger partial charge in [0.1, 0.15) is 6.26 Å². The highest BCUT2D eigenvalue weighted by molar-refractivity contribution is 7.14. The van der Waals surface area contributed by atoms with Crippen LogP contribution in [-0.2, 0) is 12.8 Å². The molecule has 0 unspecified atom stereocenters. The summed E-state index contributed by atoms with van der Waals surface area (Å²) in [5.41, 5.74) is 1.97. The third-order valence-corrected chi connectivity index (χ3v) is 6.84. The molecule has 1 aliphatic heterocycles. The second kappa shape index (κ2) is 8.30. The van der Waals surface area contributed by atoms with Gasteiger partial charge in [0.05, 0.1) is 16.7 Å². The van der Waals surface area contributed by atoms with Crippen LogP contribution in [0.4, 0.5) is 0 Å². The Morgan fingerprint density at radius 3 is 2.63 bits per heavy atom. The molecule has 0 spiro atoms. The van der Waals surface area contributed by atoms with E-state index in [4.69, 9.17) is 4.42 Å². The van der Waals surface area contributed by atoms with E-state index >= 15 is 0 Å². The Bertz CT molecular complexity index is 763. The molecule has 0 saturated carbocycles. The number of hydrogen-bond acceptors (Lipinski definition) is 4. The number of piperidine rings is 1. The zero-order valence-corrected chi connectivity index (χ0v) is 16.4. The maximum absolute atomic E-state index is 12.7. The van der Waals surface area contributed by atoms with Crippen molar-refractivity contribution in [2.75, 3.05) is 13.1 Å². The van der Waals surface area contributed by atoms with Crippen molar-refractivity contribution in [3.8, 4) is 0 Å². The molecule has 0 bridgehead atoms. The van der Waals surface area contributed by atoms with E-state index in [1.807, 2.05) is 4.90 Å². The first kappa shape index (κ1) is 18.3. The Kier molecular flexibility index (Phi) is 5.62. The van der Waals surface area contributed by atoms with Crippen LogP contribution in [0.3, 0.4) is 0 Å². The van der Waals surface area contributed by atoms with E-state index < -0.39 is 0 Å². The van der Waals surface area contributed by atoms with E-state index in [0.717, 1.165) is 30.6 Å². The maximum Gasteiger partial charge on any atom is 0.261 e. The third-order valence-electron chi connectivity index (χ3n) is 5.61. The van der Waals surface area contributed by atoms with Crippen LogP contribution in [0, 0.1) is 0 Å². The highest BCUT2D eigenvalue weighted by Gasteiger charge is 2.26. The van der Waals surface area contributed by atoms with Gasteiger partial charge in [-0.15, -0.1) is 11.3 Å². The fourth-order valence-corrected chi connectivity index (χ4v) is 5.17. The van der Waals surface area contributed by atoms with Gasteiger partial charge in [-0.05, 0) is 56.2 Å². The molecule has 1 aliphatic carbocycles. The van der Waals surface area contributed by atoms with Crippen LogP contribution in [-0.4, -0.2) is 35.8 Å². The summed E-state index contributed by atoms with van der Waals surface area (Å²) in [5.74, 6) is 0.0537. The zero-order chi connectivity index (χ0) is 18.6. The minimum Gasteiger partial charge on any atom is -0.472 e. The molecule has 6 heteroatoms. The molecular weight excluding hydrogens is 360 g/mol. The summed E-state index contributed by atoms with van der Waals surface area (Å²) in [6.07, 6.45) is 11.9. The lowest BCUT2D eigenvalue weighted by Gasteiger charge is -2.32. The molecule has 1 fully saturated rings. The number of likely N-dealkylation sites (tertiary alicyclic amines) is 1. The van der Waals surface area contributed by atoms with Gasteiger partial charge in [-0.3, -0.25) is 9.59 Å². The number of thiophene rings is 1. The molecule has 2 amide bonds. The van der Waals surface area contributed by atoms with Crippen molar-refractivity contribution < 1.29 is 14.0 Å². The minimum atomic E-state index is 0.00610. The van der Waals surface area contributed by atoms with Gasteiger partial charge in [-0.2, -0.15) is 0 Å². The molecule has 27 heavy (non-hydrogen) atoms. The van der Waals surface area contributed by atoms with Crippen LogP contribution < -0.4 is 5.32 Å². The van der Waals surface area contributed by atoms with Gasteiger partial charge in [0, 0.05) is 24.0 Å². The number of amides is 2. The van der Waals surface area contributed by atoms with Gasteiger partial charge < -0.3 is 14.6 Å². The van der Waals surface area contributed by atoms with Crippen molar-refractivity contribution >= 4 is 23.2 Å². The molecule has 4 rings (SSSR count). The van der Waals surface area contributed by atoms with Crippen molar-refractivity contribution in [2.45, 2.75) is 57.4 Å². The molecule has 2 aromatic heterocycles. The summed E-state index contributed by atoms with van der Waals surface area (Å²) >= 11 is 1.67. The van der Waals surface area contributed by atoms with Gasteiger partial charge in [0.15, 0.2) is 0 Å². The predicted octanol–water partition coefficient (Wildman–Crippen LogP) is 4.03. The van der Waals surface area contributed by atoms with E-state index in [2.05, 4.69) is 11.4 Å². The Labute approximate surface area is 163 Å². The molecule has 144 valence electrons. The zero-order valence-electron chi connectivity index (χ0n) is 15.5. The number of nitrogens with one attached hydrogen (secondary N) is 1. The van der Waals surface area contributed by atoms with Crippen LogP contribution >= 0.6 is 11.3 Å². The first-order valence-electron chi connectivity index (χ1n) is 9.94. The first-order chi connectivity index (χ1) is 13.2. The molecule has 0 radical (unpaired) electrons. The Hall–Kier alpha value is -2.08. The number of hydrogen-bond donors (Lipinski definition) is 1. The summed E-state index contributed by atoms with van der Waals surface area (Å²) in [4.78, 5) is 29.2. The first-order valence-corrected chi connectivity index (χ1v) is 10.8. The summed E-state index contributed by atoms with van der Waals surface area (Å²) < 4.78 is 5.00. The summed E-state index contributed by atoms with van der Waals surface area (Å²) in [5, 5.41) is 3.18. The summed E-state index contributed by atoms with van der Waals surface area (Å²) in [6.45, 7) is 1.33. The van der Waals surface area contributed by atoms with E-state index in [1.165, 1.54) is 48.7 Å². The van der Waals surface area contributed by atoms with Crippen molar-refractivity contribution in [2.24, 2.45) is 0 Å². The molecule has 1 N–H and O–H groups in total. The number of rotatable bonds is 3. The Morgan fingerprint density at radius 1 is 1.11 bits per heavy atom. The normalized spacial score (nSPS) is 18.4. The topological polar surface area (TPSA) is 62.6 Å². The lowest BCUT2D eigenvalue weighted by molar-refractivity contribution is 0.0697. The van der Waals surface area contributed by atoms with Gasteiger partial charge in [-0.1, -0.05) is 12.8 Å². The van der Waals surface area contributed by atoms with Gasteiger partial charge in [-0.25, -0.2) is 0 Å². The molecule has 1 saturated heterocycles. The highest BCUT2D eigenvalue weighted by atomic mass is 32.1. The number of nitrogens with zero attached hydrogens (tertiary/aromatic N) is 1. The average molecular weight is 387 g/mol. The van der Waals surface area contributed by atoms with Crippen molar-refractivity contribution in [1.82, 2.24) is 10.2 Å². The smallest absolute Gasteiger partial charge is 0.261 e. The van der Waals surface area contributed by atoms with E-state index in [1.54, 1.807) is 17.4 Å². The second-order valence-electron chi connectivity index (χ2n) is 7.53. The molecule has 0 atom stereocenters. The van der Waals surface area contributed by atoms with Crippen molar-refractivity contribution in [3.05, 3.63) is 45.5 Å². The van der Waals surface area contributed by atoms with E-state index in [0.29, 0.717) is 18.7 Å². The van der Waals surface area contributed by atoms with Crippen LogP contribution in [0.25, 0.3) is 0 Å². The number of furan rings is 1. The van der Waals surface area contributed by atoms with Crippen LogP contribution in [0.15, 0.2) is 29.1 Å². The van der Waals surface area contributed by atoms with Crippen molar-refractivity contribution in [1.29, 1.82) is 0 Å². The fraction of sp³-hybridized carbons (Fsp3) is 0.524. The molecule has 2 aliphatic rings. The Balaban J connectivity index is 1.32. The number of fused-ring (bicyclic) bond motifs is 1. The van der Waals surface area contributed by atoms with Gasteiger partial charge >= 0.3 is 0 Å². The monoisotopic (exact) mass is 386 g/mol. The fourth-order valence-electron chi connectivity index (χ4n) is 4.01. The number of carbonyl (C=O) groups excluding carboxylic acids is 2. The SMILES string of the molecule is O=C(NC1CCN(C(=O)c2ccoc2)CC1)c1cc2c(s1)CCCCCC2. The molecule has 3 heterocycles. The van der Waals surface area contributed by atoms with Crippen LogP contribution in [0.1, 0.15) is 69.0 Å². The van der Waals surface area contributed by atoms with Crippen LogP contribution in [0.5, 0.6) is 0 Å². The summed E-state index contributed by atoms with van der Waals surface area (Å²) in [6, 6.07) is 3.94. The standard InChI is InChI=1S/C21H26N2O3S/c24-20(19-13-15-5-3-1-2-4-6-18(15)27-19)22-17-7-10-23(11-8-17)21(25)16-9-12-26-14-16/h9,12-14,17H,1-8,10-11H2,(H,22,24). The molecule has 5 nitrogen and oxygen atoms in total. The Morgan fingerprint density at radius 2 is 1.89 bits per heavy atom. The largest absolute Gasteiger partial charge is 0.472 e. The molecule has 0 aromatic carbocycles. The molecule has 2 aromatic rings.